The van der Waals surface area contributed by atoms with Crippen LogP contribution < -0.4 is 10.7 Å². The van der Waals surface area contributed by atoms with Gasteiger partial charge in [-0.05, 0) is 30.2 Å². The molecule has 23 heavy (non-hydrogen) atoms. The predicted octanol–water partition coefficient (Wildman–Crippen LogP) is 2.21. The SMILES string of the molecule is CC(C=NNC(=O)CNC(=O)c1ccco1)=Cc1ccccc1. The van der Waals surface area contributed by atoms with E-state index in [9.17, 15) is 9.59 Å². The van der Waals surface area contributed by atoms with E-state index in [1.807, 2.05) is 43.3 Å². The molecule has 1 aromatic heterocycles. The van der Waals surface area contributed by atoms with E-state index < -0.39 is 11.8 Å². The molecule has 1 heterocycles. The minimum Gasteiger partial charge on any atom is -0.459 e. The van der Waals surface area contributed by atoms with Gasteiger partial charge in [0.15, 0.2) is 5.76 Å². The third-order valence-electron chi connectivity index (χ3n) is 2.81. The van der Waals surface area contributed by atoms with Crippen LogP contribution in [0.5, 0.6) is 0 Å². The van der Waals surface area contributed by atoms with Gasteiger partial charge in [-0.1, -0.05) is 36.4 Å². The number of rotatable bonds is 6. The van der Waals surface area contributed by atoms with Gasteiger partial charge in [0.25, 0.3) is 11.8 Å². The lowest BCUT2D eigenvalue weighted by Crippen LogP contribution is -2.34. The summed E-state index contributed by atoms with van der Waals surface area (Å²) < 4.78 is 4.92. The Morgan fingerprint density at radius 3 is 2.65 bits per heavy atom. The Hall–Kier alpha value is -3.15. The second-order valence-electron chi connectivity index (χ2n) is 4.75. The number of hydrogen-bond donors (Lipinski definition) is 2. The van der Waals surface area contributed by atoms with E-state index in [1.54, 1.807) is 12.3 Å². The first-order valence-corrected chi connectivity index (χ1v) is 7.02. The van der Waals surface area contributed by atoms with Gasteiger partial charge in [0.2, 0.25) is 0 Å². The van der Waals surface area contributed by atoms with E-state index >= 15 is 0 Å². The van der Waals surface area contributed by atoms with Gasteiger partial charge in [-0.2, -0.15) is 5.10 Å². The maximum atomic E-state index is 11.6. The number of hydrazone groups is 1. The lowest BCUT2D eigenvalue weighted by Gasteiger charge is -2.01. The number of nitrogens with zero attached hydrogens (tertiary/aromatic N) is 1. The van der Waals surface area contributed by atoms with Crippen LogP contribution in [0.15, 0.2) is 63.8 Å². The van der Waals surface area contributed by atoms with E-state index in [1.165, 1.54) is 12.3 Å². The zero-order chi connectivity index (χ0) is 16.5. The molecule has 118 valence electrons. The second kappa shape index (κ2) is 8.33. The number of allylic oxidation sites excluding steroid dienone is 1. The molecule has 0 atom stereocenters. The fraction of sp³-hybridized carbons (Fsp3) is 0.118. The van der Waals surface area contributed by atoms with Crippen LogP contribution in [-0.4, -0.2) is 24.6 Å². The summed E-state index contributed by atoms with van der Waals surface area (Å²) in [5.74, 6) is -0.717. The molecular formula is C17H17N3O3. The molecular weight excluding hydrogens is 294 g/mol. The maximum Gasteiger partial charge on any atom is 0.287 e. The quantitative estimate of drug-likeness (QED) is 0.634. The number of furan rings is 1. The predicted molar refractivity (Wildman–Crippen MR) is 87.8 cm³/mol. The van der Waals surface area contributed by atoms with Gasteiger partial charge in [0.1, 0.15) is 0 Å². The highest BCUT2D eigenvalue weighted by Gasteiger charge is 2.09. The normalized spacial score (nSPS) is 11.4. The zero-order valence-corrected chi connectivity index (χ0v) is 12.7. The largest absolute Gasteiger partial charge is 0.459 e. The molecule has 1 aromatic carbocycles. The Kier molecular flexibility index (Phi) is 5.88. The average molecular weight is 311 g/mol. The maximum absolute atomic E-state index is 11.6. The first-order chi connectivity index (χ1) is 11.1. The Morgan fingerprint density at radius 1 is 1.17 bits per heavy atom. The van der Waals surface area contributed by atoms with Crippen molar-refractivity contribution < 1.29 is 14.0 Å². The van der Waals surface area contributed by atoms with Crippen molar-refractivity contribution in [1.82, 2.24) is 10.7 Å². The van der Waals surface area contributed by atoms with Crippen LogP contribution in [-0.2, 0) is 4.79 Å². The van der Waals surface area contributed by atoms with E-state index in [4.69, 9.17) is 4.42 Å². The molecule has 0 saturated heterocycles. The molecule has 0 spiro atoms. The van der Waals surface area contributed by atoms with E-state index in [0.29, 0.717) is 0 Å². The summed E-state index contributed by atoms with van der Waals surface area (Å²) in [6.45, 7) is 1.69. The summed E-state index contributed by atoms with van der Waals surface area (Å²) in [6, 6.07) is 12.9. The number of carbonyl (C=O) groups is 2. The van der Waals surface area contributed by atoms with Crippen LogP contribution in [0.25, 0.3) is 6.08 Å². The first-order valence-electron chi connectivity index (χ1n) is 7.02. The van der Waals surface area contributed by atoms with Gasteiger partial charge in [0.05, 0.1) is 19.0 Å². The van der Waals surface area contributed by atoms with Crippen molar-refractivity contribution in [2.24, 2.45) is 5.10 Å². The molecule has 0 unspecified atom stereocenters. The zero-order valence-electron chi connectivity index (χ0n) is 12.7. The molecule has 0 aliphatic heterocycles. The van der Waals surface area contributed by atoms with Gasteiger partial charge >= 0.3 is 0 Å². The summed E-state index contributed by atoms with van der Waals surface area (Å²) in [7, 11) is 0. The lowest BCUT2D eigenvalue weighted by atomic mass is 10.1. The van der Waals surface area contributed by atoms with Gasteiger partial charge in [-0.3, -0.25) is 9.59 Å². The van der Waals surface area contributed by atoms with Crippen LogP contribution >= 0.6 is 0 Å². The molecule has 2 amide bonds. The molecule has 0 radical (unpaired) electrons. The molecule has 6 heteroatoms. The summed E-state index contributed by atoms with van der Waals surface area (Å²) in [5.41, 5.74) is 4.28. The molecule has 2 aromatic rings. The van der Waals surface area contributed by atoms with Crippen LogP contribution in [0.2, 0.25) is 0 Å². The lowest BCUT2D eigenvalue weighted by molar-refractivity contribution is -0.120. The van der Waals surface area contributed by atoms with E-state index in [-0.39, 0.29) is 12.3 Å². The minimum atomic E-state index is -0.450. The smallest absolute Gasteiger partial charge is 0.287 e. The number of benzene rings is 1. The number of hydrogen-bond acceptors (Lipinski definition) is 4. The van der Waals surface area contributed by atoms with Crippen molar-refractivity contribution >= 4 is 24.1 Å². The highest BCUT2D eigenvalue weighted by atomic mass is 16.3. The molecule has 6 nitrogen and oxygen atoms in total. The van der Waals surface area contributed by atoms with Crippen LogP contribution in [0.3, 0.4) is 0 Å². The molecule has 2 N–H and O–H groups in total. The molecule has 2 rings (SSSR count). The third kappa shape index (κ3) is 5.62. The molecule has 0 aliphatic rings. The Balaban J connectivity index is 1.75. The first kappa shape index (κ1) is 16.2. The molecule has 0 bridgehead atoms. The standard InChI is InChI=1S/C17H17N3O3/c1-13(10-14-6-3-2-4-7-14)11-19-20-16(21)12-18-17(22)15-8-5-9-23-15/h2-11H,12H2,1H3,(H,18,22)(H,20,21). The van der Waals surface area contributed by atoms with Crippen LogP contribution in [0.4, 0.5) is 0 Å². The highest BCUT2D eigenvalue weighted by molar-refractivity contribution is 5.94. The van der Waals surface area contributed by atoms with Gasteiger partial charge < -0.3 is 9.73 Å². The van der Waals surface area contributed by atoms with Crippen molar-refractivity contribution in [3.8, 4) is 0 Å². The Morgan fingerprint density at radius 2 is 1.96 bits per heavy atom. The van der Waals surface area contributed by atoms with Crippen LogP contribution in [0, 0.1) is 0 Å². The molecule has 0 aliphatic carbocycles. The number of amides is 2. The van der Waals surface area contributed by atoms with Crippen molar-refractivity contribution in [3.05, 3.63) is 65.6 Å². The molecule has 0 saturated carbocycles. The van der Waals surface area contributed by atoms with E-state index in [0.717, 1.165) is 11.1 Å². The summed E-state index contributed by atoms with van der Waals surface area (Å²) in [4.78, 5) is 23.1. The van der Waals surface area contributed by atoms with Crippen LogP contribution in [0.1, 0.15) is 23.0 Å². The summed E-state index contributed by atoms with van der Waals surface area (Å²) >= 11 is 0. The number of carbonyl (C=O) groups excluding carboxylic acids is 2. The van der Waals surface area contributed by atoms with Crippen molar-refractivity contribution in [2.45, 2.75) is 6.92 Å². The fourth-order valence-corrected chi connectivity index (χ4v) is 1.75. The van der Waals surface area contributed by atoms with Gasteiger partial charge in [0, 0.05) is 0 Å². The second-order valence-corrected chi connectivity index (χ2v) is 4.75. The third-order valence-corrected chi connectivity index (χ3v) is 2.81. The minimum absolute atomic E-state index is 0.156. The Bertz CT molecular complexity index is 704. The topological polar surface area (TPSA) is 83.7 Å². The van der Waals surface area contributed by atoms with Crippen molar-refractivity contribution in [1.29, 1.82) is 0 Å². The molecule has 0 fully saturated rings. The Labute approximate surface area is 133 Å². The average Bonchev–Trinajstić information content (AvgIpc) is 3.08. The summed E-state index contributed by atoms with van der Waals surface area (Å²) in [5, 5.41) is 6.27. The number of nitrogens with one attached hydrogen (secondary N) is 2. The van der Waals surface area contributed by atoms with Crippen molar-refractivity contribution in [2.75, 3.05) is 6.54 Å². The summed E-state index contributed by atoms with van der Waals surface area (Å²) in [6.07, 6.45) is 4.87. The van der Waals surface area contributed by atoms with Gasteiger partial charge in [-0.25, -0.2) is 5.43 Å². The fourth-order valence-electron chi connectivity index (χ4n) is 1.75. The van der Waals surface area contributed by atoms with Crippen molar-refractivity contribution in [3.63, 3.8) is 0 Å². The van der Waals surface area contributed by atoms with Gasteiger partial charge in [-0.15, -0.1) is 0 Å². The monoisotopic (exact) mass is 311 g/mol. The van der Waals surface area contributed by atoms with E-state index in [2.05, 4.69) is 15.8 Å². The highest BCUT2D eigenvalue weighted by Crippen LogP contribution is 2.04.